The van der Waals surface area contributed by atoms with Gasteiger partial charge in [0.1, 0.15) is 0 Å². The highest BCUT2D eigenvalue weighted by atomic mass is 16.5. The summed E-state index contributed by atoms with van der Waals surface area (Å²) < 4.78 is 10.9. The highest BCUT2D eigenvalue weighted by Crippen LogP contribution is 2.30. The van der Waals surface area contributed by atoms with Gasteiger partial charge in [0.2, 0.25) is 5.91 Å². The Kier molecular flexibility index (Phi) is 5.66. The summed E-state index contributed by atoms with van der Waals surface area (Å²) >= 11 is 0. The molecule has 5 heteroatoms. The van der Waals surface area contributed by atoms with Crippen LogP contribution in [-0.4, -0.2) is 32.7 Å². The third-order valence-electron chi connectivity index (χ3n) is 4.28. The summed E-state index contributed by atoms with van der Waals surface area (Å²) in [6, 6.07) is 5.71. The zero-order valence-corrected chi connectivity index (χ0v) is 13.8. The van der Waals surface area contributed by atoms with E-state index >= 15 is 0 Å². The van der Waals surface area contributed by atoms with Crippen LogP contribution in [0.4, 0.5) is 0 Å². The molecule has 5 nitrogen and oxygen atoms in total. The first kappa shape index (κ1) is 16.6. The third-order valence-corrected chi connectivity index (χ3v) is 4.28. The number of methoxy groups -OCH3 is 1. The molecule has 1 aliphatic rings. The van der Waals surface area contributed by atoms with Crippen LogP contribution in [0.3, 0.4) is 0 Å². The fourth-order valence-electron chi connectivity index (χ4n) is 2.54. The molecule has 1 fully saturated rings. The van der Waals surface area contributed by atoms with Crippen molar-refractivity contribution in [3.63, 3.8) is 0 Å². The maximum absolute atomic E-state index is 12.3. The lowest BCUT2D eigenvalue weighted by atomic mass is 9.88. The molecule has 2 rings (SSSR count). The average molecular weight is 306 g/mol. The topological polar surface area (TPSA) is 59.6 Å². The van der Waals surface area contributed by atoms with Crippen molar-refractivity contribution < 1.29 is 14.3 Å². The monoisotopic (exact) mass is 306 g/mol. The minimum Gasteiger partial charge on any atom is -0.493 e. The molecule has 0 aromatic heterocycles. The Hall–Kier alpha value is -1.75. The van der Waals surface area contributed by atoms with E-state index in [9.17, 15) is 4.79 Å². The van der Waals surface area contributed by atoms with Crippen molar-refractivity contribution in [3.05, 3.63) is 23.8 Å². The molecule has 1 aliphatic heterocycles. The number of nitrogens with one attached hydrogen (secondary N) is 2. The molecular formula is C17H26N2O3. The average Bonchev–Trinajstić information content (AvgIpc) is 2.45. The van der Waals surface area contributed by atoms with Crippen molar-refractivity contribution in [3.8, 4) is 11.5 Å². The Morgan fingerprint density at radius 3 is 2.64 bits per heavy atom. The van der Waals surface area contributed by atoms with Gasteiger partial charge in [0.15, 0.2) is 11.5 Å². The van der Waals surface area contributed by atoms with Gasteiger partial charge in [-0.15, -0.1) is 0 Å². The molecule has 1 amide bonds. The molecule has 0 saturated carbocycles. The summed E-state index contributed by atoms with van der Waals surface area (Å²) in [6.07, 6.45) is 0. The summed E-state index contributed by atoms with van der Waals surface area (Å²) in [6.45, 7) is 8.37. The second-order valence-corrected chi connectivity index (χ2v) is 5.78. The van der Waals surface area contributed by atoms with Crippen molar-refractivity contribution in [1.29, 1.82) is 0 Å². The van der Waals surface area contributed by atoms with Crippen LogP contribution < -0.4 is 20.1 Å². The number of hydrogen-bond donors (Lipinski definition) is 2. The predicted octanol–water partition coefficient (Wildman–Crippen LogP) is 2.13. The molecule has 1 aromatic carbocycles. The summed E-state index contributed by atoms with van der Waals surface area (Å²) in [5.74, 6) is 2.00. The van der Waals surface area contributed by atoms with E-state index in [1.807, 2.05) is 39.0 Å². The Morgan fingerprint density at radius 2 is 2.09 bits per heavy atom. The molecule has 2 N–H and O–H groups in total. The largest absolute Gasteiger partial charge is 0.493 e. The molecule has 22 heavy (non-hydrogen) atoms. The van der Waals surface area contributed by atoms with Crippen LogP contribution in [0.15, 0.2) is 18.2 Å². The molecule has 0 spiro atoms. The van der Waals surface area contributed by atoms with Crippen molar-refractivity contribution in [2.45, 2.75) is 26.8 Å². The van der Waals surface area contributed by atoms with E-state index in [1.165, 1.54) is 0 Å². The molecule has 2 unspecified atom stereocenters. The minimum absolute atomic E-state index is 0.0355. The summed E-state index contributed by atoms with van der Waals surface area (Å²) in [7, 11) is 1.62. The van der Waals surface area contributed by atoms with E-state index in [0.717, 1.165) is 24.4 Å². The Morgan fingerprint density at radius 1 is 1.36 bits per heavy atom. The van der Waals surface area contributed by atoms with Crippen molar-refractivity contribution in [1.82, 2.24) is 10.6 Å². The molecule has 0 bridgehead atoms. The van der Waals surface area contributed by atoms with Crippen LogP contribution in [0.25, 0.3) is 0 Å². The van der Waals surface area contributed by atoms with Crippen LogP contribution in [0, 0.1) is 11.8 Å². The van der Waals surface area contributed by atoms with Gasteiger partial charge in [-0.25, -0.2) is 0 Å². The Balaban J connectivity index is 2.02. The van der Waals surface area contributed by atoms with Gasteiger partial charge >= 0.3 is 0 Å². The second-order valence-electron chi connectivity index (χ2n) is 5.78. The number of carbonyl (C=O) groups is 1. The van der Waals surface area contributed by atoms with Crippen molar-refractivity contribution in [2.24, 2.45) is 11.8 Å². The molecule has 1 aromatic rings. The minimum atomic E-state index is -0.0624. The lowest BCUT2D eigenvalue weighted by molar-refractivity contribution is -0.127. The molecule has 122 valence electrons. The van der Waals surface area contributed by atoms with Gasteiger partial charge in [0.05, 0.1) is 19.8 Å². The van der Waals surface area contributed by atoms with E-state index in [4.69, 9.17) is 9.47 Å². The van der Waals surface area contributed by atoms with Crippen LogP contribution in [0.5, 0.6) is 11.5 Å². The number of rotatable bonds is 7. The molecule has 0 aliphatic carbocycles. The second kappa shape index (κ2) is 7.49. The highest BCUT2D eigenvalue weighted by Gasteiger charge is 2.29. The molecule has 0 radical (unpaired) electrons. The first-order valence-corrected chi connectivity index (χ1v) is 7.88. The molecular weight excluding hydrogens is 280 g/mol. The fraction of sp³-hybridized carbons (Fsp3) is 0.588. The summed E-state index contributed by atoms with van der Waals surface area (Å²) in [5, 5.41) is 6.29. The summed E-state index contributed by atoms with van der Waals surface area (Å²) in [4.78, 5) is 12.3. The van der Waals surface area contributed by atoms with Gasteiger partial charge in [-0.2, -0.15) is 0 Å². The van der Waals surface area contributed by atoms with E-state index in [-0.39, 0.29) is 17.9 Å². The van der Waals surface area contributed by atoms with Crippen molar-refractivity contribution in [2.75, 3.05) is 26.8 Å². The maximum atomic E-state index is 12.3. The zero-order chi connectivity index (χ0) is 16.1. The molecule has 2 atom stereocenters. The highest BCUT2D eigenvalue weighted by molar-refractivity contribution is 5.79. The smallest absolute Gasteiger partial charge is 0.223 e. The summed E-state index contributed by atoms with van der Waals surface area (Å²) in [5.41, 5.74) is 1.01. The quantitative estimate of drug-likeness (QED) is 0.810. The predicted molar refractivity (Wildman–Crippen MR) is 86.2 cm³/mol. The van der Waals surface area contributed by atoms with Crippen LogP contribution >= 0.6 is 0 Å². The Bertz CT molecular complexity index is 515. The number of amides is 1. The zero-order valence-electron chi connectivity index (χ0n) is 13.8. The first-order valence-electron chi connectivity index (χ1n) is 7.88. The van der Waals surface area contributed by atoms with Gasteiger partial charge in [-0.05, 0) is 50.6 Å². The van der Waals surface area contributed by atoms with Gasteiger partial charge in [0, 0.05) is 5.92 Å². The van der Waals surface area contributed by atoms with E-state index < -0.39 is 0 Å². The molecule has 1 heterocycles. The molecule has 1 saturated heterocycles. The number of benzene rings is 1. The normalized spacial score (nSPS) is 17.3. The van der Waals surface area contributed by atoms with E-state index in [2.05, 4.69) is 10.6 Å². The first-order chi connectivity index (χ1) is 10.6. The van der Waals surface area contributed by atoms with Crippen LogP contribution in [0.1, 0.15) is 32.4 Å². The maximum Gasteiger partial charge on any atom is 0.223 e. The Labute approximate surface area is 132 Å². The van der Waals surface area contributed by atoms with Gasteiger partial charge in [-0.1, -0.05) is 13.0 Å². The third kappa shape index (κ3) is 3.71. The van der Waals surface area contributed by atoms with Gasteiger partial charge in [0.25, 0.3) is 0 Å². The number of carbonyl (C=O) groups excluding carboxylic acids is 1. The van der Waals surface area contributed by atoms with Crippen molar-refractivity contribution >= 4 is 5.91 Å². The van der Waals surface area contributed by atoms with Gasteiger partial charge < -0.3 is 20.1 Å². The number of hydrogen-bond acceptors (Lipinski definition) is 4. The van der Waals surface area contributed by atoms with E-state index in [1.54, 1.807) is 7.11 Å². The number of ether oxygens (including phenoxy) is 2. The van der Waals surface area contributed by atoms with E-state index in [0.29, 0.717) is 18.3 Å². The fourth-order valence-corrected chi connectivity index (χ4v) is 2.54. The van der Waals surface area contributed by atoms with Crippen LogP contribution in [0.2, 0.25) is 0 Å². The lowest BCUT2D eigenvalue weighted by Crippen LogP contribution is -2.49. The SMILES string of the molecule is CCOc1ccc(C(C)NC(=O)C(C)C2CNC2)cc1OC. The van der Waals surface area contributed by atoms with Crippen LogP contribution in [-0.2, 0) is 4.79 Å². The van der Waals surface area contributed by atoms with Gasteiger partial charge in [-0.3, -0.25) is 4.79 Å². The lowest BCUT2D eigenvalue weighted by Gasteiger charge is -2.32. The standard InChI is InChI=1S/C17H26N2O3/c1-5-22-15-7-6-13(8-16(15)21-4)12(3)19-17(20)11(2)14-9-18-10-14/h6-8,11-12,14,18H,5,9-10H2,1-4H3,(H,19,20).